The maximum atomic E-state index is 12.8. The Bertz CT molecular complexity index is 802. The van der Waals surface area contributed by atoms with E-state index in [-0.39, 0.29) is 30.3 Å². The highest BCUT2D eigenvalue weighted by Crippen LogP contribution is 2.11. The summed E-state index contributed by atoms with van der Waals surface area (Å²) >= 11 is 0. The van der Waals surface area contributed by atoms with Gasteiger partial charge in [0.25, 0.3) is 11.8 Å². The third-order valence-electron chi connectivity index (χ3n) is 4.37. The number of nitrogens with one attached hydrogen (secondary N) is 4. The van der Waals surface area contributed by atoms with E-state index in [0.29, 0.717) is 43.0 Å². The first kappa shape index (κ1) is 42.6. The maximum absolute atomic E-state index is 12.8. The fourth-order valence-corrected chi connectivity index (χ4v) is 2.63. The molecule has 0 spiro atoms. The molecule has 238 valence electrons. The number of amides is 3. The molecule has 4 N–H and O–H groups in total. The Balaban J connectivity index is -0.00000123. The van der Waals surface area contributed by atoms with Crippen LogP contribution in [0.5, 0.6) is 0 Å². The minimum Gasteiger partial charge on any atom is -0.327 e. The fourth-order valence-electron chi connectivity index (χ4n) is 2.63. The normalized spacial score (nSPS) is 12.2. The summed E-state index contributed by atoms with van der Waals surface area (Å²) in [7, 11) is 1.56. The van der Waals surface area contributed by atoms with Gasteiger partial charge in [0, 0.05) is 37.7 Å². The minimum atomic E-state index is -0.864. The molecule has 0 aliphatic heterocycles. The van der Waals surface area contributed by atoms with Gasteiger partial charge < -0.3 is 15.4 Å². The molecule has 0 saturated heterocycles. The van der Waals surface area contributed by atoms with Gasteiger partial charge in [-0.2, -0.15) is 0 Å². The van der Waals surface area contributed by atoms with Crippen LogP contribution >= 0.6 is 0 Å². The second-order valence-corrected chi connectivity index (χ2v) is 11.3. The number of hydroxylamine groups is 2. The van der Waals surface area contributed by atoms with Crippen molar-refractivity contribution in [3.05, 3.63) is 36.2 Å². The third-order valence-corrected chi connectivity index (χ3v) is 4.37. The van der Waals surface area contributed by atoms with Gasteiger partial charge in [0.05, 0.1) is 0 Å². The van der Waals surface area contributed by atoms with Gasteiger partial charge in [-0.3, -0.25) is 24.1 Å². The van der Waals surface area contributed by atoms with Gasteiger partial charge in [-0.15, -0.1) is 6.58 Å². The summed E-state index contributed by atoms with van der Waals surface area (Å²) in [4.78, 5) is 56.5. The summed E-state index contributed by atoms with van der Waals surface area (Å²) < 4.78 is 0. The standard InChI is InChI=1S/C22H38N4O5.C5H10O.C4H10/c1-8-10-18(13-17(9-2)24-21(28)14-30-23-7)25-22(29)19(11-15(3)4)31-26-20(27)12-16(5)6;1-5(2)3-4-6;1-4(2)3/h8-9,13,15-16,19,23H,1,10-12,14H2,2-7H3,(H,24,28)(H,25,29)(H,26,27);4-5H,3H2,1-2H3;4H,1-3H3/b17-9+,18-13+;;. The van der Waals surface area contributed by atoms with Crippen LogP contribution in [-0.2, 0) is 28.9 Å². The van der Waals surface area contributed by atoms with Crippen LogP contribution in [0.15, 0.2) is 36.2 Å². The molecule has 0 aliphatic rings. The van der Waals surface area contributed by atoms with E-state index < -0.39 is 12.0 Å². The predicted octanol–water partition coefficient (Wildman–Crippen LogP) is 5.14. The average Bonchev–Trinajstić information content (AvgIpc) is 2.84. The summed E-state index contributed by atoms with van der Waals surface area (Å²) in [6.45, 7) is 23.6. The second-order valence-electron chi connectivity index (χ2n) is 11.3. The number of hydrogen-bond donors (Lipinski definition) is 4. The van der Waals surface area contributed by atoms with E-state index in [1.54, 1.807) is 32.2 Å². The van der Waals surface area contributed by atoms with Gasteiger partial charge in [-0.05, 0) is 43.1 Å². The SMILES string of the molecule is C=CC/C(=C\C(=C/C)NC(=O)CONC)NC(=O)C(CC(C)C)ONC(=O)CC(C)C.CC(C)C.CC(C)CC=O. The molecule has 41 heavy (non-hydrogen) atoms. The van der Waals surface area contributed by atoms with Crippen molar-refractivity contribution in [3.8, 4) is 0 Å². The van der Waals surface area contributed by atoms with Crippen molar-refractivity contribution in [3.63, 3.8) is 0 Å². The molecule has 10 heteroatoms. The van der Waals surface area contributed by atoms with E-state index >= 15 is 0 Å². The van der Waals surface area contributed by atoms with E-state index in [9.17, 15) is 19.2 Å². The molecule has 0 heterocycles. The van der Waals surface area contributed by atoms with Gasteiger partial charge >= 0.3 is 0 Å². The van der Waals surface area contributed by atoms with Gasteiger partial charge in [-0.25, -0.2) is 11.0 Å². The molecule has 0 saturated carbocycles. The quantitative estimate of drug-likeness (QED) is 0.0808. The number of carbonyl (C=O) groups excluding carboxylic acids is 4. The molecule has 0 aromatic rings. The van der Waals surface area contributed by atoms with E-state index in [1.807, 2.05) is 41.5 Å². The lowest BCUT2D eigenvalue weighted by molar-refractivity contribution is -0.149. The van der Waals surface area contributed by atoms with Gasteiger partial charge in [0.15, 0.2) is 6.10 Å². The average molecular weight is 583 g/mol. The zero-order valence-electron chi connectivity index (χ0n) is 27.4. The monoisotopic (exact) mass is 582 g/mol. The lowest BCUT2D eigenvalue weighted by Crippen LogP contribution is -2.41. The first-order valence-corrected chi connectivity index (χ1v) is 14.4. The topological polar surface area (TPSA) is 135 Å². The number of aldehydes is 1. The van der Waals surface area contributed by atoms with Crippen LogP contribution < -0.4 is 21.6 Å². The summed E-state index contributed by atoms with van der Waals surface area (Å²) in [5.41, 5.74) is 5.82. The second kappa shape index (κ2) is 27.4. The molecule has 0 aliphatic carbocycles. The third kappa shape index (κ3) is 31.6. The zero-order valence-corrected chi connectivity index (χ0v) is 27.4. The molecule has 0 aromatic carbocycles. The molecule has 3 amide bonds. The Morgan fingerprint density at radius 1 is 0.878 bits per heavy atom. The Labute approximate surface area is 249 Å². The number of hydrogen-bond acceptors (Lipinski definition) is 7. The molecule has 0 bridgehead atoms. The van der Waals surface area contributed by atoms with Gasteiger partial charge in [-0.1, -0.05) is 74.5 Å². The molecule has 0 rings (SSSR count). The Morgan fingerprint density at radius 3 is 1.85 bits per heavy atom. The molecule has 0 fully saturated rings. The first-order valence-electron chi connectivity index (χ1n) is 14.4. The first-order chi connectivity index (χ1) is 19.1. The number of carbonyl (C=O) groups is 4. The van der Waals surface area contributed by atoms with E-state index in [0.717, 1.165) is 12.2 Å². The zero-order chi connectivity index (χ0) is 32.4. The highest BCUT2D eigenvalue weighted by Gasteiger charge is 2.23. The Morgan fingerprint density at radius 2 is 1.46 bits per heavy atom. The van der Waals surface area contributed by atoms with E-state index in [4.69, 9.17) is 9.68 Å². The van der Waals surface area contributed by atoms with Crippen molar-refractivity contribution in [2.24, 2.45) is 23.7 Å². The van der Waals surface area contributed by atoms with Crippen LogP contribution in [0.4, 0.5) is 0 Å². The lowest BCUT2D eigenvalue weighted by atomic mass is 10.1. The number of allylic oxidation sites excluding steroid dienone is 3. The smallest absolute Gasteiger partial charge is 0.256 e. The van der Waals surface area contributed by atoms with Crippen LogP contribution in [-0.4, -0.2) is 43.8 Å². The van der Waals surface area contributed by atoms with Crippen molar-refractivity contribution in [1.82, 2.24) is 21.6 Å². The largest absolute Gasteiger partial charge is 0.327 e. The van der Waals surface area contributed by atoms with Crippen molar-refractivity contribution >= 4 is 24.0 Å². The summed E-state index contributed by atoms with van der Waals surface area (Å²) in [5, 5.41) is 5.50. The molecule has 1 atom stereocenters. The highest BCUT2D eigenvalue weighted by molar-refractivity contribution is 5.83. The van der Waals surface area contributed by atoms with Crippen LogP contribution in [0.1, 0.15) is 94.9 Å². The highest BCUT2D eigenvalue weighted by atomic mass is 16.7. The molecular weight excluding hydrogens is 524 g/mol. The van der Waals surface area contributed by atoms with Crippen LogP contribution in [0, 0.1) is 23.7 Å². The summed E-state index contributed by atoms with van der Waals surface area (Å²) in [6.07, 6.45) is 6.83. The minimum absolute atomic E-state index is 0.161. The van der Waals surface area contributed by atoms with Gasteiger partial charge in [0.2, 0.25) is 5.91 Å². The Kier molecular flexibility index (Phi) is 28.5. The van der Waals surface area contributed by atoms with Crippen molar-refractivity contribution < 1.29 is 28.9 Å². The van der Waals surface area contributed by atoms with Crippen LogP contribution in [0.2, 0.25) is 0 Å². The Hall–Kier alpha value is -2.82. The van der Waals surface area contributed by atoms with Crippen molar-refractivity contribution in [1.29, 1.82) is 0 Å². The fraction of sp³-hybridized carbons (Fsp3) is 0.677. The predicted molar refractivity (Wildman–Crippen MR) is 166 cm³/mol. The van der Waals surface area contributed by atoms with E-state index in [1.165, 1.54) is 0 Å². The summed E-state index contributed by atoms with van der Waals surface area (Å²) in [6, 6.07) is 0. The van der Waals surface area contributed by atoms with Crippen LogP contribution in [0.3, 0.4) is 0 Å². The summed E-state index contributed by atoms with van der Waals surface area (Å²) in [5.74, 6) is 0.686. The molecular formula is C31H58N4O6. The molecule has 0 radical (unpaired) electrons. The lowest BCUT2D eigenvalue weighted by Gasteiger charge is -2.20. The van der Waals surface area contributed by atoms with Crippen molar-refractivity contribution in [2.45, 2.75) is 101 Å². The maximum Gasteiger partial charge on any atom is 0.256 e. The van der Waals surface area contributed by atoms with Crippen molar-refractivity contribution in [2.75, 3.05) is 13.7 Å². The van der Waals surface area contributed by atoms with Crippen LogP contribution in [0.25, 0.3) is 0 Å². The van der Waals surface area contributed by atoms with E-state index in [2.05, 4.69) is 48.9 Å². The molecule has 10 nitrogen and oxygen atoms in total. The molecule has 1 unspecified atom stereocenters. The number of rotatable bonds is 17. The molecule has 0 aromatic heterocycles. The van der Waals surface area contributed by atoms with Gasteiger partial charge in [0.1, 0.15) is 12.9 Å².